The summed E-state index contributed by atoms with van der Waals surface area (Å²) in [4.78, 5) is 0. The van der Waals surface area contributed by atoms with Crippen LogP contribution in [0.4, 0.5) is 0 Å². The lowest BCUT2D eigenvalue weighted by Gasteiger charge is -2.14. The second-order valence-electron chi connectivity index (χ2n) is 4.48. The molecule has 94 valence electrons. The molecule has 0 heterocycles. The van der Waals surface area contributed by atoms with Crippen molar-refractivity contribution in [3.05, 3.63) is 48.0 Å². The van der Waals surface area contributed by atoms with E-state index < -0.39 is 0 Å². The van der Waals surface area contributed by atoms with Gasteiger partial charge in [0, 0.05) is 12.6 Å². The lowest BCUT2D eigenvalue weighted by molar-refractivity contribution is 0.548. The molecule has 0 aliphatic heterocycles. The van der Waals surface area contributed by atoms with Gasteiger partial charge in [-0.15, -0.1) is 0 Å². The van der Waals surface area contributed by atoms with Gasteiger partial charge in [-0.2, -0.15) is 0 Å². The summed E-state index contributed by atoms with van der Waals surface area (Å²) in [5.74, 6) is 0. The van der Waals surface area contributed by atoms with E-state index in [0.29, 0.717) is 6.04 Å². The second-order valence-corrected chi connectivity index (χ2v) is 4.48. The number of nitrogens with one attached hydrogen (secondary N) is 1. The third kappa shape index (κ3) is 6.28. The maximum absolute atomic E-state index is 3.61. The first-order chi connectivity index (χ1) is 8.36. The van der Waals surface area contributed by atoms with Crippen molar-refractivity contribution in [3.63, 3.8) is 0 Å². The highest BCUT2D eigenvalue weighted by Crippen LogP contribution is 2.04. The van der Waals surface area contributed by atoms with E-state index in [9.17, 15) is 0 Å². The lowest BCUT2D eigenvalue weighted by Crippen LogP contribution is -2.26. The summed E-state index contributed by atoms with van der Waals surface area (Å²) >= 11 is 0. The minimum absolute atomic E-state index is 0.520. The smallest absolute Gasteiger partial charge is 0.0253 e. The summed E-state index contributed by atoms with van der Waals surface area (Å²) in [6, 6.07) is 11.1. The molecule has 0 aliphatic carbocycles. The van der Waals surface area contributed by atoms with E-state index in [1.807, 2.05) is 0 Å². The summed E-state index contributed by atoms with van der Waals surface area (Å²) in [5.41, 5.74) is 1.36. The Labute approximate surface area is 106 Å². The predicted molar refractivity (Wildman–Crippen MR) is 76.0 cm³/mol. The zero-order valence-corrected chi connectivity index (χ0v) is 11.2. The molecule has 0 fully saturated rings. The predicted octanol–water partition coefficient (Wildman–Crippen LogP) is 4.30. The Morgan fingerprint density at radius 2 is 1.88 bits per heavy atom. The molecule has 17 heavy (non-hydrogen) atoms. The van der Waals surface area contributed by atoms with Crippen molar-refractivity contribution in [3.8, 4) is 0 Å². The molecular formula is C16H25N. The van der Waals surface area contributed by atoms with Crippen LogP contribution in [0.5, 0.6) is 0 Å². The zero-order valence-electron chi connectivity index (χ0n) is 11.2. The van der Waals surface area contributed by atoms with Crippen LogP contribution in [0.3, 0.4) is 0 Å². The number of hydrogen-bond donors (Lipinski definition) is 1. The molecule has 0 radical (unpaired) electrons. The Morgan fingerprint density at radius 1 is 1.12 bits per heavy atom. The highest BCUT2D eigenvalue weighted by Gasteiger charge is 2.02. The van der Waals surface area contributed by atoms with Crippen molar-refractivity contribution in [1.29, 1.82) is 0 Å². The van der Waals surface area contributed by atoms with Crippen LogP contribution in [-0.4, -0.2) is 6.04 Å². The molecule has 1 rings (SSSR count). The fraction of sp³-hybridized carbons (Fsp3) is 0.500. The molecule has 0 aliphatic rings. The second kappa shape index (κ2) is 9.00. The van der Waals surface area contributed by atoms with E-state index in [-0.39, 0.29) is 0 Å². The largest absolute Gasteiger partial charge is 0.306 e. The van der Waals surface area contributed by atoms with Gasteiger partial charge >= 0.3 is 0 Å². The van der Waals surface area contributed by atoms with Crippen LogP contribution >= 0.6 is 0 Å². The van der Waals surface area contributed by atoms with E-state index in [2.05, 4.69) is 61.6 Å². The topological polar surface area (TPSA) is 12.0 Å². The highest BCUT2D eigenvalue weighted by atomic mass is 14.9. The van der Waals surface area contributed by atoms with Gasteiger partial charge in [-0.05, 0) is 18.4 Å². The number of rotatable bonds is 8. The first kappa shape index (κ1) is 14.0. The molecule has 1 aromatic rings. The van der Waals surface area contributed by atoms with Gasteiger partial charge in [0.15, 0.2) is 0 Å². The van der Waals surface area contributed by atoms with Gasteiger partial charge in [-0.1, -0.05) is 69.2 Å². The van der Waals surface area contributed by atoms with Crippen LogP contribution in [0.25, 0.3) is 0 Å². The Hall–Kier alpha value is -1.08. The maximum Gasteiger partial charge on any atom is 0.0253 e. The third-order valence-corrected chi connectivity index (χ3v) is 2.83. The summed E-state index contributed by atoms with van der Waals surface area (Å²) in [7, 11) is 0. The maximum atomic E-state index is 3.61. The van der Waals surface area contributed by atoms with Crippen molar-refractivity contribution in [1.82, 2.24) is 5.32 Å². The molecular weight excluding hydrogens is 206 g/mol. The molecule has 1 nitrogen and oxygen atoms in total. The fourth-order valence-corrected chi connectivity index (χ4v) is 1.85. The molecule has 0 bridgehead atoms. The standard InChI is InChI=1S/C16H25N/c1-3-5-7-13-16(10-4-2)17-14-15-11-8-6-9-12-15/h6-9,11-13,16-17H,3-5,10,14H2,1-2H3/b13-7+/t16-/m0/s1. The normalized spacial score (nSPS) is 13.1. The molecule has 0 saturated heterocycles. The third-order valence-electron chi connectivity index (χ3n) is 2.83. The minimum Gasteiger partial charge on any atom is -0.306 e. The first-order valence-electron chi connectivity index (χ1n) is 6.80. The number of unbranched alkanes of at least 4 members (excludes halogenated alkanes) is 1. The average molecular weight is 231 g/mol. The van der Waals surface area contributed by atoms with Crippen molar-refractivity contribution in [2.75, 3.05) is 0 Å². The van der Waals surface area contributed by atoms with E-state index in [1.165, 1.54) is 31.2 Å². The molecule has 1 aromatic carbocycles. The van der Waals surface area contributed by atoms with E-state index in [4.69, 9.17) is 0 Å². The molecule has 0 spiro atoms. The molecule has 1 N–H and O–H groups in total. The molecule has 0 amide bonds. The van der Waals surface area contributed by atoms with Crippen molar-refractivity contribution >= 4 is 0 Å². The van der Waals surface area contributed by atoms with Crippen LogP contribution in [0.1, 0.15) is 45.1 Å². The van der Waals surface area contributed by atoms with Crippen LogP contribution in [0.2, 0.25) is 0 Å². The van der Waals surface area contributed by atoms with Crippen molar-refractivity contribution in [2.45, 2.75) is 52.1 Å². The van der Waals surface area contributed by atoms with Crippen LogP contribution in [-0.2, 0) is 6.54 Å². The number of hydrogen-bond acceptors (Lipinski definition) is 1. The fourth-order valence-electron chi connectivity index (χ4n) is 1.85. The van der Waals surface area contributed by atoms with Crippen molar-refractivity contribution < 1.29 is 0 Å². The van der Waals surface area contributed by atoms with Crippen LogP contribution in [0.15, 0.2) is 42.5 Å². The van der Waals surface area contributed by atoms with Crippen LogP contribution < -0.4 is 5.32 Å². The Balaban J connectivity index is 2.38. The molecule has 1 atom stereocenters. The van der Waals surface area contributed by atoms with Crippen molar-refractivity contribution in [2.24, 2.45) is 0 Å². The van der Waals surface area contributed by atoms with E-state index in [0.717, 1.165) is 6.54 Å². The van der Waals surface area contributed by atoms with Gasteiger partial charge < -0.3 is 5.32 Å². The summed E-state index contributed by atoms with van der Waals surface area (Å²) in [6.45, 7) is 5.42. The number of benzene rings is 1. The minimum atomic E-state index is 0.520. The number of allylic oxidation sites excluding steroid dienone is 1. The van der Waals surface area contributed by atoms with Gasteiger partial charge in [0.25, 0.3) is 0 Å². The Bertz CT molecular complexity index is 303. The average Bonchev–Trinajstić information content (AvgIpc) is 2.37. The lowest BCUT2D eigenvalue weighted by atomic mass is 10.1. The quantitative estimate of drug-likeness (QED) is 0.658. The van der Waals surface area contributed by atoms with Gasteiger partial charge in [-0.3, -0.25) is 0 Å². The highest BCUT2D eigenvalue weighted by molar-refractivity contribution is 5.14. The van der Waals surface area contributed by atoms with Gasteiger partial charge in [0.05, 0.1) is 0 Å². The molecule has 1 heteroatoms. The zero-order chi connectivity index (χ0) is 12.3. The van der Waals surface area contributed by atoms with Crippen LogP contribution in [0, 0.1) is 0 Å². The molecule has 0 aromatic heterocycles. The Morgan fingerprint density at radius 3 is 2.53 bits per heavy atom. The van der Waals surface area contributed by atoms with Gasteiger partial charge in [0.1, 0.15) is 0 Å². The Kier molecular flexibility index (Phi) is 7.40. The SMILES string of the molecule is CCC/C=C/[C@H](CCC)NCc1ccccc1. The van der Waals surface area contributed by atoms with E-state index >= 15 is 0 Å². The van der Waals surface area contributed by atoms with E-state index in [1.54, 1.807) is 0 Å². The first-order valence-corrected chi connectivity index (χ1v) is 6.80. The molecule has 0 unspecified atom stereocenters. The van der Waals surface area contributed by atoms with Gasteiger partial charge in [-0.25, -0.2) is 0 Å². The summed E-state index contributed by atoms with van der Waals surface area (Å²) in [5, 5.41) is 3.61. The van der Waals surface area contributed by atoms with Gasteiger partial charge in [0.2, 0.25) is 0 Å². The monoisotopic (exact) mass is 231 g/mol. The summed E-state index contributed by atoms with van der Waals surface area (Å²) < 4.78 is 0. The molecule has 0 saturated carbocycles. The summed E-state index contributed by atoms with van der Waals surface area (Å²) in [6.07, 6.45) is 9.49.